The number of aromatic nitrogens is 1. The van der Waals surface area contributed by atoms with Crippen LogP contribution in [0.4, 0.5) is 10.8 Å². The first-order valence-corrected chi connectivity index (χ1v) is 12.9. The summed E-state index contributed by atoms with van der Waals surface area (Å²) in [5.74, 6) is 0.705. The molecule has 1 amide bonds. The van der Waals surface area contributed by atoms with Crippen LogP contribution in [0.5, 0.6) is 0 Å². The molecule has 0 bridgehead atoms. The van der Waals surface area contributed by atoms with Gasteiger partial charge in [-0.1, -0.05) is 54.7 Å². The van der Waals surface area contributed by atoms with Gasteiger partial charge in [-0.05, 0) is 56.0 Å². The zero-order valence-electron chi connectivity index (χ0n) is 17.8. The maximum absolute atomic E-state index is 12.7. The zero-order chi connectivity index (χ0) is 22.0. The summed E-state index contributed by atoms with van der Waals surface area (Å²) in [5.41, 5.74) is 3.33. The highest BCUT2D eigenvalue weighted by Crippen LogP contribution is 2.33. The van der Waals surface area contributed by atoms with Crippen LogP contribution in [0.15, 0.2) is 41.3 Å². The molecule has 1 saturated carbocycles. The molecule has 0 aliphatic heterocycles. The molecule has 0 unspecified atom stereocenters. The smallest absolute Gasteiger partial charge is 0.263 e. The van der Waals surface area contributed by atoms with E-state index in [-0.39, 0.29) is 10.8 Å². The Labute approximate surface area is 187 Å². The highest BCUT2D eigenvalue weighted by Gasteiger charge is 2.19. The van der Waals surface area contributed by atoms with Crippen molar-refractivity contribution in [1.29, 1.82) is 0 Å². The molecule has 4 rings (SSSR count). The van der Waals surface area contributed by atoms with Crippen LogP contribution < -0.4 is 10.0 Å². The van der Waals surface area contributed by atoms with E-state index in [0.29, 0.717) is 17.5 Å². The molecule has 3 aromatic rings. The quantitative estimate of drug-likeness (QED) is 0.482. The summed E-state index contributed by atoms with van der Waals surface area (Å²) in [6.07, 6.45) is 6.51. The number of hydrogen-bond donors (Lipinski definition) is 2. The lowest BCUT2D eigenvalue weighted by atomic mass is 10.0. The molecule has 1 aliphatic rings. The van der Waals surface area contributed by atoms with E-state index in [4.69, 9.17) is 0 Å². The summed E-state index contributed by atoms with van der Waals surface area (Å²) in [4.78, 5) is 17.0. The van der Waals surface area contributed by atoms with Crippen molar-refractivity contribution in [3.63, 3.8) is 0 Å². The van der Waals surface area contributed by atoms with Crippen LogP contribution in [-0.4, -0.2) is 19.3 Å². The molecule has 2 N–H and O–H groups in total. The van der Waals surface area contributed by atoms with Crippen LogP contribution in [0.2, 0.25) is 0 Å². The fraction of sp³-hybridized carbons (Fsp3) is 0.391. The lowest BCUT2D eigenvalue weighted by Gasteiger charge is -2.09. The minimum Gasteiger partial charge on any atom is -0.326 e. The van der Waals surface area contributed by atoms with Crippen LogP contribution in [0.1, 0.15) is 49.7 Å². The maximum atomic E-state index is 12.7. The van der Waals surface area contributed by atoms with Gasteiger partial charge in [0.2, 0.25) is 5.91 Å². The lowest BCUT2D eigenvalue weighted by Crippen LogP contribution is -2.12. The van der Waals surface area contributed by atoms with Gasteiger partial charge in [0.25, 0.3) is 10.0 Å². The molecule has 1 aromatic heterocycles. The number of amides is 1. The van der Waals surface area contributed by atoms with E-state index in [1.807, 2.05) is 26.0 Å². The number of nitrogens with zero attached hydrogens (tertiary/aromatic N) is 1. The number of carbonyl (C=O) groups excluding carboxylic acids is 1. The number of sulfonamides is 1. The molecule has 2 aromatic carbocycles. The van der Waals surface area contributed by atoms with E-state index in [2.05, 4.69) is 15.0 Å². The Kier molecular flexibility index (Phi) is 6.29. The molecular formula is C23H27N3O3S2. The summed E-state index contributed by atoms with van der Waals surface area (Å²) in [5, 5.41) is 3.30. The van der Waals surface area contributed by atoms with Crippen molar-refractivity contribution >= 4 is 48.3 Å². The fourth-order valence-corrected chi connectivity index (χ4v) is 6.28. The number of anilines is 2. The van der Waals surface area contributed by atoms with Gasteiger partial charge < -0.3 is 5.32 Å². The summed E-state index contributed by atoms with van der Waals surface area (Å²) < 4.78 is 28.7. The topological polar surface area (TPSA) is 88.2 Å². The summed E-state index contributed by atoms with van der Waals surface area (Å²) in [7, 11) is -3.71. The third kappa shape index (κ3) is 5.25. The van der Waals surface area contributed by atoms with Crippen LogP contribution in [0, 0.1) is 19.8 Å². The van der Waals surface area contributed by atoms with Crippen molar-refractivity contribution in [1.82, 2.24) is 4.98 Å². The molecule has 0 spiro atoms. The van der Waals surface area contributed by atoms with Gasteiger partial charge in [-0.3, -0.25) is 9.52 Å². The zero-order valence-corrected chi connectivity index (χ0v) is 19.4. The molecule has 1 aliphatic carbocycles. The predicted octanol–water partition coefficient (Wildman–Crippen LogP) is 5.62. The average molecular weight is 458 g/mol. The largest absolute Gasteiger partial charge is 0.326 e. The van der Waals surface area contributed by atoms with E-state index < -0.39 is 10.0 Å². The first-order valence-electron chi connectivity index (χ1n) is 10.6. The molecule has 0 atom stereocenters. The van der Waals surface area contributed by atoms with Crippen molar-refractivity contribution in [3.8, 4) is 0 Å². The molecule has 6 nitrogen and oxygen atoms in total. The number of fused-ring (bicyclic) bond motifs is 1. The van der Waals surface area contributed by atoms with Gasteiger partial charge >= 0.3 is 0 Å². The van der Waals surface area contributed by atoms with E-state index in [1.165, 1.54) is 37.0 Å². The van der Waals surface area contributed by atoms with Crippen LogP contribution in [-0.2, 0) is 14.8 Å². The molecule has 164 valence electrons. The van der Waals surface area contributed by atoms with Gasteiger partial charge in [0, 0.05) is 12.1 Å². The first-order chi connectivity index (χ1) is 14.8. The van der Waals surface area contributed by atoms with E-state index in [1.54, 1.807) is 24.3 Å². The molecule has 0 radical (unpaired) electrons. The Morgan fingerprint density at radius 2 is 1.84 bits per heavy atom. The highest BCUT2D eigenvalue weighted by atomic mass is 32.2. The van der Waals surface area contributed by atoms with Crippen molar-refractivity contribution < 1.29 is 13.2 Å². The number of benzene rings is 2. The Morgan fingerprint density at radius 1 is 1.13 bits per heavy atom. The lowest BCUT2D eigenvalue weighted by molar-refractivity contribution is -0.116. The van der Waals surface area contributed by atoms with Gasteiger partial charge in [0.1, 0.15) is 0 Å². The second-order valence-corrected chi connectivity index (χ2v) is 11.0. The molecule has 1 heterocycles. The number of nitrogens with one attached hydrogen (secondary N) is 2. The van der Waals surface area contributed by atoms with Crippen molar-refractivity contribution in [2.75, 3.05) is 10.0 Å². The molecular weight excluding hydrogens is 430 g/mol. The van der Waals surface area contributed by atoms with Gasteiger partial charge in [-0.25, -0.2) is 13.4 Å². The summed E-state index contributed by atoms with van der Waals surface area (Å²) in [6.45, 7) is 3.82. The Bertz CT molecular complexity index is 1190. The van der Waals surface area contributed by atoms with E-state index in [9.17, 15) is 13.2 Å². The van der Waals surface area contributed by atoms with Crippen LogP contribution in [0.3, 0.4) is 0 Å². The Morgan fingerprint density at radius 3 is 2.55 bits per heavy atom. The number of thiazole rings is 1. The van der Waals surface area contributed by atoms with Crippen molar-refractivity contribution in [2.24, 2.45) is 5.92 Å². The summed E-state index contributed by atoms with van der Waals surface area (Å²) >= 11 is 1.26. The number of rotatable bonds is 7. The van der Waals surface area contributed by atoms with E-state index >= 15 is 0 Å². The second-order valence-electron chi connectivity index (χ2n) is 8.31. The van der Waals surface area contributed by atoms with Crippen molar-refractivity contribution in [2.45, 2.75) is 57.3 Å². The van der Waals surface area contributed by atoms with Crippen LogP contribution in [0.25, 0.3) is 10.2 Å². The molecule has 1 fully saturated rings. The number of hydrogen-bond acceptors (Lipinski definition) is 5. The van der Waals surface area contributed by atoms with Gasteiger partial charge in [-0.2, -0.15) is 0 Å². The second kappa shape index (κ2) is 8.96. The molecule has 31 heavy (non-hydrogen) atoms. The predicted molar refractivity (Wildman–Crippen MR) is 126 cm³/mol. The SMILES string of the molecule is Cc1ccc(S(=O)(=O)Nc2nc3c(C)cc(NC(=O)CCC4CCCC4)cc3s2)cc1. The third-order valence-electron chi connectivity index (χ3n) is 5.78. The normalized spacial score (nSPS) is 14.8. The molecule has 8 heteroatoms. The number of aryl methyl sites for hydroxylation is 2. The van der Waals surface area contributed by atoms with Gasteiger partial charge in [0.15, 0.2) is 5.13 Å². The highest BCUT2D eigenvalue weighted by molar-refractivity contribution is 7.93. The standard InChI is InChI=1S/C23H27N3O3S2/c1-15-7-10-19(11-8-15)31(28,29)26-23-25-22-16(2)13-18(14-20(22)30-23)24-21(27)12-9-17-5-3-4-6-17/h7-8,10-11,13-14,17H,3-6,9,12H2,1-2H3,(H,24,27)(H,25,26). The minimum absolute atomic E-state index is 0.0236. The summed E-state index contributed by atoms with van der Waals surface area (Å²) in [6, 6.07) is 10.4. The Hall–Kier alpha value is -2.45. The average Bonchev–Trinajstić information content (AvgIpc) is 3.36. The van der Waals surface area contributed by atoms with Gasteiger partial charge in [0.05, 0.1) is 15.1 Å². The van der Waals surface area contributed by atoms with E-state index in [0.717, 1.165) is 33.5 Å². The molecule has 0 saturated heterocycles. The third-order valence-corrected chi connectivity index (χ3v) is 8.18. The van der Waals surface area contributed by atoms with Gasteiger partial charge in [-0.15, -0.1) is 0 Å². The number of carbonyl (C=O) groups is 1. The maximum Gasteiger partial charge on any atom is 0.263 e. The minimum atomic E-state index is -3.71. The monoisotopic (exact) mass is 457 g/mol. The van der Waals surface area contributed by atoms with Crippen LogP contribution >= 0.6 is 11.3 Å². The fourth-order valence-electron chi connectivity index (χ4n) is 4.06. The van der Waals surface area contributed by atoms with Crippen molar-refractivity contribution in [3.05, 3.63) is 47.5 Å². The first kappa shape index (κ1) is 21.8. The Balaban J connectivity index is 1.48.